The minimum absolute atomic E-state index is 0.0585. The van der Waals surface area contributed by atoms with Crippen molar-refractivity contribution in [3.63, 3.8) is 0 Å². The van der Waals surface area contributed by atoms with Crippen LogP contribution in [0.4, 0.5) is 4.39 Å². The lowest BCUT2D eigenvalue weighted by atomic mass is 9.88. The van der Waals surface area contributed by atoms with Gasteiger partial charge in [0.1, 0.15) is 11.6 Å². The molecule has 2 atom stereocenters. The highest BCUT2D eigenvalue weighted by atomic mass is 19.1. The van der Waals surface area contributed by atoms with Crippen LogP contribution in [0.3, 0.4) is 0 Å². The number of amides is 2. The van der Waals surface area contributed by atoms with Crippen LogP contribution >= 0.6 is 0 Å². The first-order valence-electron chi connectivity index (χ1n) is 10.00. The van der Waals surface area contributed by atoms with E-state index in [0.29, 0.717) is 19.6 Å². The van der Waals surface area contributed by atoms with Crippen molar-refractivity contribution in [2.45, 2.75) is 25.3 Å². The van der Waals surface area contributed by atoms with Crippen molar-refractivity contribution in [3.8, 4) is 5.75 Å². The van der Waals surface area contributed by atoms with E-state index < -0.39 is 0 Å². The fourth-order valence-corrected chi connectivity index (χ4v) is 3.95. The molecule has 152 valence electrons. The van der Waals surface area contributed by atoms with Gasteiger partial charge in [-0.3, -0.25) is 9.59 Å². The van der Waals surface area contributed by atoms with Crippen LogP contribution in [0.1, 0.15) is 29.9 Å². The van der Waals surface area contributed by atoms with Crippen molar-refractivity contribution in [1.29, 1.82) is 0 Å². The second-order valence-corrected chi connectivity index (χ2v) is 7.85. The number of carbonyl (C=O) groups is 2. The summed E-state index contributed by atoms with van der Waals surface area (Å²) >= 11 is 0. The third-order valence-corrected chi connectivity index (χ3v) is 5.82. The van der Waals surface area contributed by atoms with E-state index in [1.807, 2.05) is 29.2 Å². The van der Waals surface area contributed by atoms with Crippen LogP contribution < -0.4 is 10.1 Å². The molecule has 1 N–H and O–H groups in total. The number of benzene rings is 2. The number of carbonyl (C=O) groups excluding carboxylic acids is 2. The molecule has 29 heavy (non-hydrogen) atoms. The predicted octanol–water partition coefficient (Wildman–Crippen LogP) is 3.10. The number of nitrogens with one attached hydrogen (secondary N) is 1. The molecule has 1 saturated carbocycles. The van der Waals surface area contributed by atoms with Gasteiger partial charge in [-0.1, -0.05) is 24.3 Å². The molecule has 1 aliphatic heterocycles. The molecule has 2 aromatic rings. The normalized spacial score (nSPS) is 21.1. The lowest BCUT2D eigenvalue weighted by Gasteiger charge is -2.18. The number of likely N-dealkylation sites (tertiary alicyclic amines) is 1. The van der Waals surface area contributed by atoms with E-state index in [4.69, 9.17) is 4.74 Å². The minimum atomic E-state index is -0.313. The van der Waals surface area contributed by atoms with E-state index in [0.717, 1.165) is 29.7 Å². The maximum atomic E-state index is 13.1. The Hall–Kier alpha value is -2.89. The zero-order valence-corrected chi connectivity index (χ0v) is 16.4. The molecule has 0 unspecified atom stereocenters. The largest absolute Gasteiger partial charge is 0.497 e. The zero-order chi connectivity index (χ0) is 20.4. The summed E-state index contributed by atoms with van der Waals surface area (Å²) in [4.78, 5) is 27.4. The molecule has 0 radical (unpaired) electrons. The van der Waals surface area contributed by atoms with Crippen molar-refractivity contribution < 1.29 is 18.7 Å². The third kappa shape index (κ3) is 4.42. The average molecular weight is 396 g/mol. The van der Waals surface area contributed by atoms with Crippen molar-refractivity contribution in [3.05, 3.63) is 65.5 Å². The summed E-state index contributed by atoms with van der Waals surface area (Å²) in [7, 11) is 1.62. The third-order valence-electron chi connectivity index (χ3n) is 5.82. The van der Waals surface area contributed by atoms with Gasteiger partial charge in [0, 0.05) is 31.5 Å². The molecule has 1 aliphatic carbocycles. The first-order valence-corrected chi connectivity index (χ1v) is 10.00. The summed E-state index contributed by atoms with van der Waals surface area (Å²) < 4.78 is 18.3. The first kappa shape index (κ1) is 19.4. The molecule has 0 aromatic heterocycles. The van der Waals surface area contributed by atoms with Crippen molar-refractivity contribution in [2.24, 2.45) is 11.8 Å². The molecular weight excluding hydrogens is 371 g/mol. The fourth-order valence-electron chi connectivity index (χ4n) is 3.95. The van der Waals surface area contributed by atoms with Gasteiger partial charge in [-0.15, -0.1) is 0 Å². The Kier molecular flexibility index (Phi) is 5.51. The molecule has 4 rings (SSSR count). The summed E-state index contributed by atoms with van der Waals surface area (Å²) in [5.74, 6) is 0.300. The quantitative estimate of drug-likeness (QED) is 0.816. The highest BCUT2D eigenvalue weighted by Gasteiger charge is 2.43. The Labute approximate surface area is 169 Å². The first-order chi connectivity index (χ1) is 14.0. The number of halogens is 1. The topological polar surface area (TPSA) is 58.6 Å². The van der Waals surface area contributed by atoms with Gasteiger partial charge >= 0.3 is 0 Å². The Morgan fingerprint density at radius 3 is 2.38 bits per heavy atom. The highest BCUT2D eigenvalue weighted by molar-refractivity contribution is 5.85. The standard InChI is InChI=1S/C23H25FN2O3/c1-29-19-10-6-16(7-11-19)20-13-26(23(28)17-4-5-17)14-21(20)22(27)25-12-15-2-8-18(24)9-3-15/h2-3,6-11,17,20-21H,4-5,12-14H2,1H3,(H,25,27)/t20-,21+/m1/s1. The number of nitrogens with zero attached hydrogens (tertiary/aromatic N) is 1. The average Bonchev–Trinajstić information content (AvgIpc) is 3.50. The second kappa shape index (κ2) is 8.23. The minimum Gasteiger partial charge on any atom is -0.497 e. The van der Waals surface area contributed by atoms with Crippen molar-refractivity contribution in [2.75, 3.05) is 20.2 Å². The number of rotatable bonds is 6. The molecule has 1 saturated heterocycles. The van der Waals surface area contributed by atoms with E-state index >= 15 is 0 Å². The number of methoxy groups -OCH3 is 1. The molecule has 2 aromatic carbocycles. The second-order valence-electron chi connectivity index (χ2n) is 7.85. The van der Waals surface area contributed by atoms with Gasteiger partial charge < -0.3 is 15.0 Å². The fraction of sp³-hybridized carbons (Fsp3) is 0.391. The van der Waals surface area contributed by atoms with Crippen LogP contribution in [-0.4, -0.2) is 36.9 Å². The smallest absolute Gasteiger partial charge is 0.225 e. The molecule has 2 fully saturated rings. The molecule has 1 heterocycles. The molecule has 6 heteroatoms. The molecule has 2 aliphatic rings. The zero-order valence-electron chi connectivity index (χ0n) is 16.4. The highest BCUT2D eigenvalue weighted by Crippen LogP contribution is 2.38. The van der Waals surface area contributed by atoms with Crippen LogP contribution in [0.2, 0.25) is 0 Å². The summed E-state index contributed by atoms with van der Waals surface area (Å²) in [6.45, 7) is 1.32. The van der Waals surface area contributed by atoms with Crippen molar-refractivity contribution >= 4 is 11.8 Å². The maximum Gasteiger partial charge on any atom is 0.225 e. The van der Waals surface area contributed by atoms with E-state index in [-0.39, 0.29) is 35.4 Å². The number of ether oxygens (including phenoxy) is 1. The monoisotopic (exact) mass is 396 g/mol. The van der Waals surface area contributed by atoms with Crippen LogP contribution in [0.5, 0.6) is 5.75 Å². The van der Waals surface area contributed by atoms with E-state index in [1.165, 1.54) is 12.1 Å². The van der Waals surface area contributed by atoms with Crippen LogP contribution in [-0.2, 0) is 16.1 Å². The summed E-state index contributed by atoms with van der Waals surface area (Å²) in [6.07, 6.45) is 1.90. The predicted molar refractivity (Wildman–Crippen MR) is 107 cm³/mol. The Morgan fingerprint density at radius 1 is 1.07 bits per heavy atom. The molecule has 5 nitrogen and oxygen atoms in total. The maximum absolute atomic E-state index is 13.1. The van der Waals surface area contributed by atoms with E-state index in [2.05, 4.69) is 5.32 Å². The van der Waals surface area contributed by atoms with Gasteiger partial charge in [0.15, 0.2) is 0 Å². The van der Waals surface area contributed by atoms with E-state index in [1.54, 1.807) is 19.2 Å². The number of hydrogen-bond acceptors (Lipinski definition) is 3. The van der Waals surface area contributed by atoms with Crippen LogP contribution in [0.15, 0.2) is 48.5 Å². The number of hydrogen-bond donors (Lipinski definition) is 1. The Balaban J connectivity index is 1.49. The van der Waals surface area contributed by atoms with Gasteiger partial charge in [0.2, 0.25) is 11.8 Å². The molecule has 0 spiro atoms. The van der Waals surface area contributed by atoms with Gasteiger partial charge in [0.25, 0.3) is 0 Å². The summed E-state index contributed by atoms with van der Waals surface area (Å²) in [6, 6.07) is 13.8. The van der Waals surface area contributed by atoms with Gasteiger partial charge in [-0.2, -0.15) is 0 Å². The summed E-state index contributed by atoms with van der Waals surface area (Å²) in [5, 5.41) is 2.96. The van der Waals surface area contributed by atoms with Gasteiger partial charge in [-0.25, -0.2) is 4.39 Å². The lowest BCUT2D eigenvalue weighted by molar-refractivity contribution is -0.132. The molecule has 2 amide bonds. The van der Waals surface area contributed by atoms with E-state index in [9.17, 15) is 14.0 Å². The van der Waals surface area contributed by atoms with Crippen LogP contribution in [0.25, 0.3) is 0 Å². The SMILES string of the molecule is COc1ccc([C@H]2CN(C(=O)C3CC3)C[C@@H]2C(=O)NCc2ccc(F)cc2)cc1. The van der Waals surface area contributed by atoms with Gasteiger partial charge in [0.05, 0.1) is 13.0 Å². The van der Waals surface area contributed by atoms with Crippen molar-refractivity contribution in [1.82, 2.24) is 10.2 Å². The summed E-state index contributed by atoms with van der Waals surface area (Å²) in [5.41, 5.74) is 1.86. The molecule has 0 bridgehead atoms. The lowest BCUT2D eigenvalue weighted by Crippen LogP contribution is -2.35. The van der Waals surface area contributed by atoms with Crippen LogP contribution in [0, 0.1) is 17.7 Å². The van der Waals surface area contributed by atoms with Gasteiger partial charge in [-0.05, 0) is 48.2 Å². The Bertz CT molecular complexity index is 878. The molecular formula is C23H25FN2O3. The Morgan fingerprint density at radius 2 is 1.76 bits per heavy atom.